The minimum Gasteiger partial charge on any atom is -0.497 e. The summed E-state index contributed by atoms with van der Waals surface area (Å²) in [6.45, 7) is 3.80. The molecule has 0 saturated heterocycles. The summed E-state index contributed by atoms with van der Waals surface area (Å²) < 4.78 is 10.6. The molecule has 0 heterocycles. The fourth-order valence-corrected chi connectivity index (χ4v) is 2.19. The van der Waals surface area contributed by atoms with Crippen molar-refractivity contribution >= 4 is 11.9 Å². The van der Waals surface area contributed by atoms with Crippen molar-refractivity contribution in [2.24, 2.45) is 0 Å². The number of hydrogen-bond acceptors (Lipinski definition) is 4. The smallest absolute Gasteiger partial charge is 0.329 e. The minimum absolute atomic E-state index is 0.225. The van der Waals surface area contributed by atoms with Crippen molar-refractivity contribution < 1.29 is 24.2 Å². The minimum atomic E-state index is -1.21. The van der Waals surface area contributed by atoms with Gasteiger partial charge in [-0.05, 0) is 44.0 Å². The van der Waals surface area contributed by atoms with E-state index in [1.165, 1.54) is 6.92 Å². The van der Waals surface area contributed by atoms with Gasteiger partial charge in [0.1, 0.15) is 17.0 Å². The number of amides is 1. The Morgan fingerprint density at radius 3 is 2.35 bits per heavy atom. The Kier molecular flexibility index (Phi) is 7.38. The fourth-order valence-electron chi connectivity index (χ4n) is 2.19. The summed E-state index contributed by atoms with van der Waals surface area (Å²) in [6.07, 6.45) is 1.82. The van der Waals surface area contributed by atoms with Crippen LogP contribution in [0.5, 0.6) is 11.5 Å². The second-order valence-corrected chi connectivity index (χ2v) is 5.56. The lowest BCUT2D eigenvalue weighted by Crippen LogP contribution is -2.52. The third-order valence-corrected chi connectivity index (χ3v) is 3.51. The van der Waals surface area contributed by atoms with Crippen molar-refractivity contribution in [1.82, 2.24) is 5.32 Å². The van der Waals surface area contributed by atoms with Crippen LogP contribution in [0.2, 0.25) is 0 Å². The molecule has 0 aliphatic carbocycles. The van der Waals surface area contributed by atoms with Crippen LogP contribution in [-0.2, 0) is 9.59 Å². The van der Waals surface area contributed by atoms with Crippen LogP contribution in [0.3, 0.4) is 0 Å². The molecule has 1 atom stereocenters. The first-order valence-corrected chi connectivity index (χ1v) is 7.72. The summed E-state index contributed by atoms with van der Waals surface area (Å²) >= 11 is 0. The van der Waals surface area contributed by atoms with Gasteiger partial charge in [-0.15, -0.1) is 0 Å². The monoisotopic (exact) mass is 323 g/mol. The number of aliphatic carboxylic acids is 1. The molecule has 0 aromatic heterocycles. The maximum Gasteiger partial charge on any atom is 0.329 e. The van der Waals surface area contributed by atoms with Crippen LogP contribution >= 0.6 is 0 Å². The van der Waals surface area contributed by atoms with E-state index in [0.717, 1.165) is 5.75 Å². The Balaban J connectivity index is 2.34. The highest BCUT2D eigenvalue weighted by Gasteiger charge is 2.33. The summed E-state index contributed by atoms with van der Waals surface area (Å²) in [5.74, 6) is 0.164. The van der Waals surface area contributed by atoms with Gasteiger partial charge in [-0.2, -0.15) is 0 Å². The number of hydrogen-bond donors (Lipinski definition) is 2. The molecule has 1 aromatic carbocycles. The molecule has 0 radical (unpaired) electrons. The molecule has 0 bridgehead atoms. The lowest BCUT2D eigenvalue weighted by atomic mass is 9.96. The van der Waals surface area contributed by atoms with Gasteiger partial charge in [-0.1, -0.05) is 13.3 Å². The van der Waals surface area contributed by atoms with Crippen LogP contribution in [0, 0.1) is 0 Å². The van der Waals surface area contributed by atoms with E-state index in [2.05, 4.69) is 5.32 Å². The van der Waals surface area contributed by atoms with Gasteiger partial charge in [0.05, 0.1) is 13.7 Å². The van der Waals surface area contributed by atoms with Gasteiger partial charge in [0, 0.05) is 6.42 Å². The maximum absolute atomic E-state index is 11.9. The van der Waals surface area contributed by atoms with Crippen LogP contribution in [0.15, 0.2) is 24.3 Å². The average molecular weight is 323 g/mol. The van der Waals surface area contributed by atoms with E-state index in [4.69, 9.17) is 9.47 Å². The molecule has 0 spiro atoms. The zero-order chi connectivity index (χ0) is 17.3. The molecule has 1 rings (SSSR count). The van der Waals surface area contributed by atoms with E-state index < -0.39 is 11.5 Å². The first-order chi connectivity index (χ1) is 10.9. The Hall–Kier alpha value is -2.24. The van der Waals surface area contributed by atoms with Crippen molar-refractivity contribution in [2.75, 3.05) is 13.7 Å². The summed E-state index contributed by atoms with van der Waals surface area (Å²) in [5.41, 5.74) is -1.21. The second-order valence-electron chi connectivity index (χ2n) is 5.56. The van der Waals surface area contributed by atoms with Gasteiger partial charge in [-0.3, -0.25) is 4.79 Å². The Labute approximate surface area is 136 Å². The zero-order valence-electron chi connectivity index (χ0n) is 13.9. The molecular weight excluding hydrogens is 298 g/mol. The Bertz CT molecular complexity index is 514. The molecule has 0 aliphatic heterocycles. The average Bonchev–Trinajstić information content (AvgIpc) is 2.52. The molecular formula is C17H25NO5. The van der Waals surface area contributed by atoms with Gasteiger partial charge < -0.3 is 19.9 Å². The first-order valence-electron chi connectivity index (χ1n) is 7.72. The van der Waals surface area contributed by atoms with Crippen molar-refractivity contribution in [2.45, 2.75) is 45.1 Å². The van der Waals surface area contributed by atoms with Crippen molar-refractivity contribution in [3.05, 3.63) is 24.3 Å². The van der Waals surface area contributed by atoms with Crippen molar-refractivity contribution in [3.8, 4) is 11.5 Å². The summed E-state index contributed by atoms with van der Waals surface area (Å²) in [7, 11) is 1.60. The number of rotatable bonds is 10. The quantitative estimate of drug-likeness (QED) is 0.647. The van der Waals surface area contributed by atoms with E-state index in [9.17, 15) is 14.7 Å². The predicted octanol–water partition coefficient (Wildman–Crippen LogP) is 2.61. The number of carboxylic acid groups (broad SMARTS) is 1. The van der Waals surface area contributed by atoms with E-state index in [1.54, 1.807) is 31.4 Å². The Morgan fingerprint density at radius 2 is 1.83 bits per heavy atom. The molecule has 0 aliphatic rings. The van der Waals surface area contributed by atoms with E-state index in [0.29, 0.717) is 31.6 Å². The van der Waals surface area contributed by atoms with Crippen molar-refractivity contribution in [1.29, 1.82) is 0 Å². The number of benzene rings is 1. The highest BCUT2D eigenvalue weighted by atomic mass is 16.5. The normalized spacial score (nSPS) is 13.0. The SMILES string of the molecule is CCCC(C)(NC(=O)CCCOc1ccc(OC)cc1)C(=O)O. The van der Waals surface area contributed by atoms with Gasteiger partial charge >= 0.3 is 5.97 Å². The molecule has 0 saturated carbocycles. The molecule has 6 nitrogen and oxygen atoms in total. The molecule has 0 fully saturated rings. The molecule has 23 heavy (non-hydrogen) atoms. The van der Waals surface area contributed by atoms with Crippen LogP contribution in [0.4, 0.5) is 0 Å². The highest BCUT2D eigenvalue weighted by Crippen LogP contribution is 2.17. The number of nitrogens with one attached hydrogen (secondary N) is 1. The molecule has 1 amide bonds. The summed E-state index contributed by atoms with van der Waals surface area (Å²) in [6, 6.07) is 7.18. The Morgan fingerprint density at radius 1 is 1.22 bits per heavy atom. The van der Waals surface area contributed by atoms with Gasteiger partial charge in [0.15, 0.2) is 0 Å². The molecule has 128 valence electrons. The highest BCUT2D eigenvalue weighted by molar-refractivity contribution is 5.86. The maximum atomic E-state index is 11.9. The lowest BCUT2D eigenvalue weighted by molar-refractivity contribution is -0.147. The summed E-state index contributed by atoms with van der Waals surface area (Å²) in [4.78, 5) is 23.2. The van der Waals surface area contributed by atoms with Crippen LogP contribution in [-0.4, -0.2) is 36.2 Å². The van der Waals surface area contributed by atoms with Crippen LogP contribution in [0.1, 0.15) is 39.5 Å². The lowest BCUT2D eigenvalue weighted by Gasteiger charge is -2.25. The third-order valence-electron chi connectivity index (χ3n) is 3.51. The number of ether oxygens (including phenoxy) is 2. The summed E-state index contributed by atoms with van der Waals surface area (Å²) in [5, 5.41) is 11.8. The third kappa shape index (κ3) is 6.18. The predicted molar refractivity (Wildman–Crippen MR) is 86.8 cm³/mol. The first kappa shape index (κ1) is 18.8. The van der Waals surface area contributed by atoms with Crippen LogP contribution in [0.25, 0.3) is 0 Å². The molecule has 1 unspecified atom stereocenters. The molecule has 6 heteroatoms. The number of carbonyl (C=O) groups excluding carboxylic acids is 1. The zero-order valence-corrected chi connectivity index (χ0v) is 13.9. The number of carbonyl (C=O) groups is 2. The van der Waals surface area contributed by atoms with Crippen molar-refractivity contribution in [3.63, 3.8) is 0 Å². The van der Waals surface area contributed by atoms with E-state index in [1.807, 2.05) is 6.92 Å². The molecule has 2 N–H and O–H groups in total. The van der Waals surface area contributed by atoms with E-state index >= 15 is 0 Å². The van der Waals surface area contributed by atoms with Gasteiger partial charge in [-0.25, -0.2) is 4.79 Å². The van der Waals surface area contributed by atoms with Gasteiger partial charge in [0.2, 0.25) is 5.91 Å². The topological polar surface area (TPSA) is 84.9 Å². The number of methoxy groups -OCH3 is 1. The second kappa shape index (κ2) is 9.02. The largest absolute Gasteiger partial charge is 0.497 e. The van der Waals surface area contributed by atoms with Gasteiger partial charge in [0.25, 0.3) is 0 Å². The fraction of sp³-hybridized carbons (Fsp3) is 0.529. The standard InChI is InChI=1S/C17H25NO5/c1-4-11-17(2,16(20)21)18-15(19)6-5-12-23-14-9-7-13(22-3)8-10-14/h7-10H,4-6,11-12H2,1-3H3,(H,18,19)(H,20,21). The van der Waals surface area contributed by atoms with E-state index in [-0.39, 0.29) is 12.3 Å². The number of carboxylic acids is 1. The van der Waals surface area contributed by atoms with Crippen LogP contribution < -0.4 is 14.8 Å². The molecule has 1 aromatic rings.